The number of hydrogen-bond acceptors (Lipinski definition) is 4. The van der Waals surface area contributed by atoms with Crippen LogP contribution in [0.3, 0.4) is 0 Å². The minimum atomic E-state index is -0.631. The zero-order chi connectivity index (χ0) is 12.8. The van der Waals surface area contributed by atoms with Gasteiger partial charge in [0, 0.05) is 23.7 Å². The highest BCUT2D eigenvalue weighted by atomic mass is 79.9. The number of ether oxygens (including phenoxy) is 2. The van der Waals surface area contributed by atoms with Crippen LogP contribution in [-0.2, 0) is 11.3 Å². The van der Waals surface area contributed by atoms with Crippen molar-refractivity contribution in [3.8, 4) is 5.75 Å². The second kappa shape index (κ2) is 6.96. The van der Waals surface area contributed by atoms with Crippen LogP contribution in [0.25, 0.3) is 0 Å². The van der Waals surface area contributed by atoms with E-state index in [2.05, 4.69) is 15.9 Å². The molecule has 1 aromatic rings. The number of benzene rings is 1. The van der Waals surface area contributed by atoms with Gasteiger partial charge in [0.05, 0.1) is 6.61 Å². The molecule has 1 aromatic carbocycles. The molecule has 0 heterocycles. The van der Waals surface area contributed by atoms with Gasteiger partial charge in [-0.25, -0.2) is 0 Å². The summed E-state index contributed by atoms with van der Waals surface area (Å²) < 4.78 is 11.4. The Kier molecular flexibility index (Phi) is 5.91. The number of aliphatic hydroxyl groups excluding tert-OH is 1. The number of rotatable bonds is 6. The van der Waals surface area contributed by atoms with Gasteiger partial charge in [0.1, 0.15) is 18.5 Å². The molecule has 0 aromatic heterocycles. The van der Waals surface area contributed by atoms with E-state index >= 15 is 0 Å². The van der Waals surface area contributed by atoms with Crippen molar-refractivity contribution in [3.63, 3.8) is 0 Å². The summed E-state index contributed by atoms with van der Waals surface area (Å²) in [4.78, 5) is 0. The molecule has 1 unspecified atom stereocenters. The van der Waals surface area contributed by atoms with Crippen LogP contribution in [-0.4, -0.2) is 31.5 Å². The van der Waals surface area contributed by atoms with Crippen molar-refractivity contribution in [2.45, 2.75) is 19.6 Å². The topological polar surface area (TPSA) is 64.7 Å². The number of nitrogens with two attached hydrogens (primary N) is 1. The fourth-order valence-electron chi connectivity index (χ4n) is 1.58. The number of halogens is 1. The molecule has 0 spiro atoms. The number of hydrogen-bond donors (Lipinski definition) is 2. The Labute approximate surface area is 110 Å². The summed E-state index contributed by atoms with van der Waals surface area (Å²) in [7, 11) is 1.54. The van der Waals surface area contributed by atoms with E-state index in [9.17, 15) is 5.11 Å². The van der Waals surface area contributed by atoms with Crippen molar-refractivity contribution in [3.05, 3.63) is 27.7 Å². The maximum atomic E-state index is 9.53. The van der Waals surface area contributed by atoms with Gasteiger partial charge in [0.25, 0.3) is 0 Å². The minimum absolute atomic E-state index is 0.198. The number of aliphatic hydroxyl groups is 1. The molecule has 5 heteroatoms. The van der Waals surface area contributed by atoms with Gasteiger partial charge >= 0.3 is 0 Å². The maximum Gasteiger partial charge on any atom is 0.126 e. The molecule has 0 aliphatic rings. The molecule has 0 bridgehead atoms. The molecule has 0 radical (unpaired) electrons. The van der Waals surface area contributed by atoms with Crippen molar-refractivity contribution >= 4 is 15.9 Å². The van der Waals surface area contributed by atoms with Crippen molar-refractivity contribution in [2.24, 2.45) is 5.73 Å². The van der Waals surface area contributed by atoms with Gasteiger partial charge in [-0.05, 0) is 24.6 Å². The summed E-state index contributed by atoms with van der Waals surface area (Å²) in [5.41, 5.74) is 7.57. The summed E-state index contributed by atoms with van der Waals surface area (Å²) in [6.45, 7) is 2.80. The lowest BCUT2D eigenvalue weighted by Gasteiger charge is -2.16. The van der Waals surface area contributed by atoms with Crippen LogP contribution in [0.1, 0.15) is 11.1 Å². The molecule has 0 aliphatic carbocycles. The third-order valence-corrected chi connectivity index (χ3v) is 2.77. The molecule has 17 heavy (non-hydrogen) atoms. The highest BCUT2D eigenvalue weighted by Crippen LogP contribution is 2.27. The minimum Gasteiger partial charge on any atom is -0.490 e. The highest BCUT2D eigenvalue weighted by molar-refractivity contribution is 9.10. The lowest BCUT2D eigenvalue weighted by Crippen LogP contribution is -2.23. The monoisotopic (exact) mass is 303 g/mol. The van der Waals surface area contributed by atoms with E-state index in [1.54, 1.807) is 7.11 Å². The van der Waals surface area contributed by atoms with Gasteiger partial charge in [-0.3, -0.25) is 0 Å². The average Bonchev–Trinajstić information content (AvgIpc) is 2.27. The fraction of sp³-hybridized carbons (Fsp3) is 0.500. The quantitative estimate of drug-likeness (QED) is 0.838. The summed E-state index contributed by atoms with van der Waals surface area (Å²) >= 11 is 3.41. The molecule has 0 amide bonds. The maximum absolute atomic E-state index is 9.53. The van der Waals surface area contributed by atoms with E-state index in [1.165, 1.54) is 0 Å². The molecule has 0 saturated heterocycles. The molecule has 0 fully saturated rings. The van der Waals surface area contributed by atoms with Crippen molar-refractivity contribution in [1.82, 2.24) is 0 Å². The van der Waals surface area contributed by atoms with Gasteiger partial charge in [-0.2, -0.15) is 0 Å². The number of methoxy groups -OCH3 is 1. The molecular weight excluding hydrogens is 286 g/mol. The van der Waals surface area contributed by atoms with Crippen LogP contribution < -0.4 is 10.5 Å². The molecular formula is C12H18BrNO3. The van der Waals surface area contributed by atoms with Crippen LogP contribution in [0, 0.1) is 6.92 Å². The first-order valence-corrected chi connectivity index (χ1v) is 6.16. The van der Waals surface area contributed by atoms with Crippen molar-refractivity contribution < 1.29 is 14.6 Å². The summed E-state index contributed by atoms with van der Waals surface area (Å²) in [6.07, 6.45) is -0.631. The summed E-state index contributed by atoms with van der Waals surface area (Å²) in [5, 5.41) is 9.53. The van der Waals surface area contributed by atoms with Gasteiger partial charge in [0.2, 0.25) is 0 Å². The van der Waals surface area contributed by atoms with Crippen LogP contribution in [0.5, 0.6) is 5.75 Å². The smallest absolute Gasteiger partial charge is 0.126 e. The van der Waals surface area contributed by atoms with Crippen LogP contribution in [0.4, 0.5) is 0 Å². The fourth-order valence-corrected chi connectivity index (χ4v) is 2.20. The van der Waals surface area contributed by atoms with E-state index < -0.39 is 6.10 Å². The molecule has 96 valence electrons. The van der Waals surface area contributed by atoms with Crippen LogP contribution in [0.15, 0.2) is 16.6 Å². The Hall–Kier alpha value is -0.620. The van der Waals surface area contributed by atoms with E-state index in [0.29, 0.717) is 6.54 Å². The second-order valence-corrected chi connectivity index (χ2v) is 4.75. The lowest BCUT2D eigenvalue weighted by atomic mass is 10.1. The lowest BCUT2D eigenvalue weighted by molar-refractivity contribution is 0.0321. The standard InChI is InChI=1S/C12H18BrNO3/c1-8-3-10(13)4-9(5-14)12(8)17-7-11(15)6-16-2/h3-4,11,15H,5-7,14H2,1-2H3. The summed E-state index contributed by atoms with van der Waals surface area (Å²) in [5.74, 6) is 0.742. The largest absolute Gasteiger partial charge is 0.490 e. The first-order valence-electron chi connectivity index (χ1n) is 5.37. The third-order valence-electron chi connectivity index (χ3n) is 2.32. The zero-order valence-electron chi connectivity index (χ0n) is 10.1. The Morgan fingerprint density at radius 2 is 2.12 bits per heavy atom. The number of aryl methyl sites for hydroxylation is 1. The Balaban J connectivity index is 2.76. The zero-order valence-corrected chi connectivity index (χ0v) is 11.7. The molecule has 0 aliphatic heterocycles. The Bertz CT molecular complexity index is 371. The van der Waals surface area contributed by atoms with Crippen LogP contribution in [0.2, 0.25) is 0 Å². The van der Waals surface area contributed by atoms with Crippen molar-refractivity contribution in [1.29, 1.82) is 0 Å². The normalized spacial score (nSPS) is 12.5. The third kappa shape index (κ3) is 4.27. The Morgan fingerprint density at radius 3 is 2.71 bits per heavy atom. The SMILES string of the molecule is COCC(O)COc1c(C)cc(Br)cc1CN. The first-order chi connectivity index (χ1) is 8.08. The average molecular weight is 304 g/mol. The van der Waals surface area contributed by atoms with Gasteiger partial charge in [-0.1, -0.05) is 15.9 Å². The van der Waals surface area contributed by atoms with Gasteiger partial charge in [0.15, 0.2) is 0 Å². The van der Waals surface area contributed by atoms with Gasteiger partial charge in [-0.15, -0.1) is 0 Å². The predicted octanol–water partition coefficient (Wildman–Crippen LogP) is 1.60. The predicted molar refractivity (Wildman–Crippen MR) is 70.1 cm³/mol. The molecule has 1 rings (SSSR count). The highest BCUT2D eigenvalue weighted by Gasteiger charge is 2.10. The van der Waals surface area contributed by atoms with Crippen molar-refractivity contribution in [2.75, 3.05) is 20.3 Å². The molecule has 3 N–H and O–H groups in total. The van der Waals surface area contributed by atoms with E-state index in [1.807, 2.05) is 19.1 Å². The van der Waals surface area contributed by atoms with E-state index in [0.717, 1.165) is 21.3 Å². The molecule has 1 atom stereocenters. The Morgan fingerprint density at radius 1 is 1.41 bits per heavy atom. The molecule has 4 nitrogen and oxygen atoms in total. The molecule has 0 saturated carbocycles. The van der Waals surface area contributed by atoms with Crippen LogP contribution >= 0.6 is 15.9 Å². The van der Waals surface area contributed by atoms with Gasteiger partial charge < -0.3 is 20.3 Å². The van der Waals surface area contributed by atoms with E-state index in [-0.39, 0.29) is 13.2 Å². The summed E-state index contributed by atoms with van der Waals surface area (Å²) in [6, 6.07) is 3.88. The van der Waals surface area contributed by atoms with E-state index in [4.69, 9.17) is 15.2 Å². The first kappa shape index (κ1) is 14.4. The second-order valence-electron chi connectivity index (χ2n) is 3.84.